The van der Waals surface area contributed by atoms with Crippen LogP contribution in [0, 0.1) is 11.8 Å². The summed E-state index contributed by atoms with van der Waals surface area (Å²) in [7, 11) is 2.17. The van der Waals surface area contributed by atoms with Crippen molar-refractivity contribution in [3.05, 3.63) is 68.8 Å². The van der Waals surface area contributed by atoms with Crippen LogP contribution < -0.4 is 5.32 Å². The molecule has 1 aromatic carbocycles. The molecular formula is C30H34N2O3S2. The molecule has 0 unspecified atom stereocenters. The molecule has 1 saturated carbocycles. The quantitative estimate of drug-likeness (QED) is 0.402. The molecule has 0 atom stereocenters. The van der Waals surface area contributed by atoms with Gasteiger partial charge in [-0.3, -0.25) is 4.79 Å². The van der Waals surface area contributed by atoms with Crippen molar-refractivity contribution in [3.8, 4) is 10.4 Å². The summed E-state index contributed by atoms with van der Waals surface area (Å²) in [4.78, 5) is 28.6. The minimum atomic E-state index is -0.856. The maximum Gasteiger partial charge on any atom is 0.346 e. The second-order valence-electron chi connectivity index (χ2n) is 10.5. The molecule has 1 amide bonds. The van der Waals surface area contributed by atoms with E-state index in [-0.39, 0.29) is 5.91 Å². The molecule has 7 heteroatoms. The average molecular weight is 535 g/mol. The fourth-order valence-electron chi connectivity index (χ4n) is 5.61. The highest BCUT2D eigenvalue weighted by Crippen LogP contribution is 2.43. The Hall–Kier alpha value is -2.61. The first kappa shape index (κ1) is 26.0. The molecule has 5 rings (SSSR count). The van der Waals surface area contributed by atoms with E-state index in [4.69, 9.17) is 0 Å². The lowest BCUT2D eigenvalue weighted by Crippen LogP contribution is -2.31. The monoisotopic (exact) mass is 534 g/mol. The lowest BCUT2D eigenvalue weighted by molar-refractivity contribution is -0.112. The van der Waals surface area contributed by atoms with Gasteiger partial charge in [-0.25, -0.2) is 4.79 Å². The highest BCUT2D eigenvalue weighted by Gasteiger charge is 2.30. The Balaban J connectivity index is 1.42. The molecule has 2 aromatic rings. The van der Waals surface area contributed by atoms with Crippen molar-refractivity contribution >= 4 is 46.2 Å². The number of hydrogen-bond donors (Lipinski definition) is 2. The van der Waals surface area contributed by atoms with E-state index in [1.165, 1.54) is 59.9 Å². The summed E-state index contributed by atoms with van der Waals surface area (Å²) >= 11 is 2.86. The van der Waals surface area contributed by atoms with Crippen LogP contribution in [0.15, 0.2) is 58.4 Å². The highest BCUT2D eigenvalue weighted by molar-refractivity contribution is 8.05. The molecule has 0 saturated heterocycles. The number of benzene rings is 1. The van der Waals surface area contributed by atoms with Gasteiger partial charge in [0, 0.05) is 34.8 Å². The van der Waals surface area contributed by atoms with Gasteiger partial charge in [-0.1, -0.05) is 38.0 Å². The lowest BCUT2D eigenvalue weighted by Gasteiger charge is -2.35. The van der Waals surface area contributed by atoms with Crippen molar-refractivity contribution in [3.63, 3.8) is 0 Å². The second-order valence-corrected chi connectivity index (χ2v) is 12.3. The molecule has 2 N–H and O–H groups in total. The van der Waals surface area contributed by atoms with Gasteiger partial charge in [0.15, 0.2) is 0 Å². The summed E-state index contributed by atoms with van der Waals surface area (Å²) in [5.74, 6) is 0.391. The maximum atomic E-state index is 12.5. The molecular weight excluding hydrogens is 500 g/mol. The van der Waals surface area contributed by atoms with Crippen LogP contribution in [0.3, 0.4) is 0 Å². The number of anilines is 1. The van der Waals surface area contributed by atoms with Crippen molar-refractivity contribution < 1.29 is 14.7 Å². The van der Waals surface area contributed by atoms with Crippen LogP contribution in [-0.4, -0.2) is 42.0 Å². The maximum absolute atomic E-state index is 12.5. The molecule has 5 nitrogen and oxygen atoms in total. The third-order valence-corrected chi connectivity index (χ3v) is 9.72. The molecule has 3 aliphatic rings. The van der Waals surface area contributed by atoms with Crippen LogP contribution in [0.25, 0.3) is 16.0 Å². The number of carbonyl (C=O) groups is 2. The number of hydrogen-bond acceptors (Lipinski definition) is 5. The van der Waals surface area contributed by atoms with Crippen molar-refractivity contribution in [1.29, 1.82) is 0 Å². The minimum Gasteiger partial charge on any atom is -0.477 e. The van der Waals surface area contributed by atoms with Crippen LogP contribution in [0.4, 0.5) is 5.69 Å². The molecule has 1 aromatic heterocycles. The van der Waals surface area contributed by atoms with E-state index < -0.39 is 5.97 Å². The Labute approximate surface area is 227 Å². The number of carboxylic acids is 1. The summed E-state index contributed by atoms with van der Waals surface area (Å²) in [5.41, 5.74) is 6.07. The number of thioether (sulfide) groups is 1. The normalized spacial score (nSPS) is 22.6. The smallest absolute Gasteiger partial charge is 0.346 e. The van der Waals surface area contributed by atoms with E-state index in [0.717, 1.165) is 52.7 Å². The fourth-order valence-corrected chi connectivity index (χ4v) is 7.30. The van der Waals surface area contributed by atoms with E-state index in [1.54, 1.807) is 0 Å². The van der Waals surface area contributed by atoms with Gasteiger partial charge in [0.25, 0.3) is 5.91 Å². The molecule has 37 heavy (non-hydrogen) atoms. The van der Waals surface area contributed by atoms with Gasteiger partial charge in [-0.05, 0) is 90.3 Å². The number of thiophene rings is 1. The van der Waals surface area contributed by atoms with Gasteiger partial charge < -0.3 is 15.3 Å². The molecule has 1 aliphatic carbocycles. The number of aromatic carboxylic acids is 1. The third-order valence-electron chi connectivity index (χ3n) is 7.77. The highest BCUT2D eigenvalue weighted by atomic mass is 32.2. The summed E-state index contributed by atoms with van der Waals surface area (Å²) in [6.45, 7) is 4.22. The zero-order chi connectivity index (χ0) is 25.9. The number of rotatable bonds is 6. The number of carboxylic acid groups (broad SMARTS) is 1. The molecule has 2 aliphatic heterocycles. The fraction of sp³-hybridized carbons (Fsp3) is 0.400. The summed E-state index contributed by atoms with van der Waals surface area (Å²) in [6.07, 6.45) is 8.42. The molecule has 0 spiro atoms. The largest absolute Gasteiger partial charge is 0.477 e. The zero-order valence-corrected chi connectivity index (χ0v) is 23.1. The Kier molecular flexibility index (Phi) is 8.03. The summed E-state index contributed by atoms with van der Waals surface area (Å²) in [6, 6.07) is 9.80. The Morgan fingerprint density at radius 3 is 2.54 bits per heavy atom. The second kappa shape index (κ2) is 11.4. The predicted octanol–water partition coefficient (Wildman–Crippen LogP) is 7.50. The zero-order valence-electron chi connectivity index (χ0n) is 21.5. The van der Waals surface area contributed by atoms with E-state index >= 15 is 0 Å². The van der Waals surface area contributed by atoms with Crippen LogP contribution in [0.5, 0.6) is 0 Å². The van der Waals surface area contributed by atoms with Crippen LogP contribution in [0.2, 0.25) is 0 Å². The van der Waals surface area contributed by atoms with Gasteiger partial charge >= 0.3 is 5.97 Å². The standard InChI is InChI=1S/C30H34N2O3S2/c1-19-5-7-20(8-6-19)26-17-32(2)14-13-24(26)25-16-27(37-28(25)30(34)35)21-9-11-23(12-10-21)31-29(33)22-4-3-15-36-18-22/h3,9-12,15-16,18-20H,4-8,13-14,17H2,1-2H3,(H,31,33)(H,34,35). The summed E-state index contributed by atoms with van der Waals surface area (Å²) in [5, 5.41) is 17.0. The van der Waals surface area contributed by atoms with Crippen LogP contribution in [-0.2, 0) is 4.79 Å². The Morgan fingerprint density at radius 1 is 1.11 bits per heavy atom. The number of carbonyl (C=O) groups excluding carboxylic acids is 1. The Morgan fingerprint density at radius 2 is 1.86 bits per heavy atom. The van der Waals surface area contributed by atoms with Crippen LogP contribution in [0.1, 0.15) is 60.7 Å². The Bertz CT molecular complexity index is 1260. The number of allylic oxidation sites excluding steroid dienone is 1. The van der Waals surface area contributed by atoms with Crippen molar-refractivity contribution in [2.45, 2.75) is 45.4 Å². The van der Waals surface area contributed by atoms with Gasteiger partial charge in [-0.2, -0.15) is 0 Å². The van der Waals surface area contributed by atoms with Crippen molar-refractivity contribution in [2.24, 2.45) is 11.8 Å². The SMILES string of the molecule is CC1CCC(C2=C(c3cc(-c4ccc(NC(=O)C5=CSC=CC5)cc4)sc3C(=O)O)CCN(C)C2)CC1. The number of amides is 1. The predicted molar refractivity (Wildman–Crippen MR) is 155 cm³/mol. The lowest BCUT2D eigenvalue weighted by atomic mass is 9.75. The first-order valence-electron chi connectivity index (χ1n) is 13.1. The molecule has 1 fully saturated rings. The first-order valence-corrected chi connectivity index (χ1v) is 14.8. The minimum absolute atomic E-state index is 0.0880. The van der Waals surface area contributed by atoms with Gasteiger partial charge in [-0.15, -0.1) is 23.1 Å². The first-order chi connectivity index (χ1) is 17.9. The van der Waals surface area contributed by atoms with E-state index in [0.29, 0.717) is 17.2 Å². The van der Waals surface area contributed by atoms with E-state index in [2.05, 4.69) is 30.3 Å². The van der Waals surface area contributed by atoms with Crippen LogP contribution >= 0.6 is 23.1 Å². The molecule has 194 valence electrons. The molecule has 0 bridgehead atoms. The summed E-state index contributed by atoms with van der Waals surface area (Å²) < 4.78 is 0. The number of nitrogens with one attached hydrogen (secondary N) is 1. The number of likely N-dealkylation sites (N-methyl/N-ethyl adjacent to an activating group) is 1. The van der Waals surface area contributed by atoms with Gasteiger partial charge in [0.05, 0.1) is 0 Å². The third kappa shape index (κ3) is 5.95. The van der Waals surface area contributed by atoms with E-state index in [1.807, 2.05) is 41.2 Å². The van der Waals surface area contributed by atoms with E-state index in [9.17, 15) is 14.7 Å². The molecule has 3 heterocycles. The van der Waals surface area contributed by atoms with Gasteiger partial charge in [0.2, 0.25) is 0 Å². The number of nitrogens with zero attached hydrogens (tertiary/aromatic N) is 1. The van der Waals surface area contributed by atoms with Crippen molar-refractivity contribution in [1.82, 2.24) is 4.90 Å². The van der Waals surface area contributed by atoms with Crippen molar-refractivity contribution in [2.75, 3.05) is 25.5 Å². The topological polar surface area (TPSA) is 69.6 Å². The van der Waals surface area contributed by atoms with Gasteiger partial charge in [0.1, 0.15) is 4.88 Å². The average Bonchev–Trinajstić information content (AvgIpc) is 3.36. The molecule has 0 radical (unpaired) electrons.